The first-order valence-corrected chi connectivity index (χ1v) is 5.65. The molecule has 0 radical (unpaired) electrons. The van der Waals surface area contributed by atoms with Crippen molar-refractivity contribution in [3.8, 4) is 0 Å². The van der Waals surface area contributed by atoms with Gasteiger partial charge in [0.15, 0.2) is 6.29 Å². The zero-order chi connectivity index (χ0) is 11.4. The fourth-order valence-corrected chi connectivity index (χ4v) is 2.30. The standard InChI is InChI=1S/C12H22O3/c1-5-9(6-2)10-7-8(3)15-12(14-4)11(10)13/h5,8,10-13H,6-7H2,1-4H3/b9-5-/t8-,10-,11-,12-/m1/s1. The first kappa shape index (κ1) is 12.7. The molecule has 0 aromatic heterocycles. The van der Waals surface area contributed by atoms with Crippen molar-refractivity contribution in [1.82, 2.24) is 0 Å². The highest BCUT2D eigenvalue weighted by molar-refractivity contribution is 5.09. The largest absolute Gasteiger partial charge is 0.387 e. The molecule has 3 heteroatoms. The Bertz CT molecular complexity index is 225. The van der Waals surface area contributed by atoms with Gasteiger partial charge in [0.25, 0.3) is 0 Å². The van der Waals surface area contributed by atoms with Crippen LogP contribution in [0.15, 0.2) is 11.6 Å². The van der Waals surface area contributed by atoms with E-state index in [1.54, 1.807) is 7.11 Å². The molecule has 1 heterocycles. The predicted molar refractivity (Wildman–Crippen MR) is 59.5 cm³/mol. The normalized spacial score (nSPS) is 38.1. The van der Waals surface area contributed by atoms with Gasteiger partial charge in [0, 0.05) is 13.0 Å². The highest BCUT2D eigenvalue weighted by atomic mass is 16.7. The number of methoxy groups -OCH3 is 1. The van der Waals surface area contributed by atoms with E-state index in [2.05, 4.69) is 13.0 Å². The van der Waals surface area contributed by atoms with Gasteiger partial charge in [0.05, 0.1) is 6.10 Å². The van der Waals surface area contributed by atoms with Crippen LogP contribution in [0, 0.1) is 5.92 Å². The van der Waals surface area contributed by atoms with Gasteiger partial charge in [-0.15, -0.1) is 0 Å². The molecular formula is C12H22O3. The second-order valence-corrected chi connectivity index (χ2v) is 4.10. The zero-order valence-corrected chi connectivity index (χ0v) is 10.1. The highest BCUT2D eigenvalue weighted by Crippen LogP contribution is 2.32. The van der Waals surface area contributed by atoms with Crippen LogP contribution in [0.3, 0.4) is 0 Å². The van der Waals surface area contributed by atoms with E-state index in [4.69, 9.17) is 9.47 Å². The summed E-state index contributed by atoms with van der Waals surface area (Å²) < 4.78 is 10.7. The van der Waals surface area contributed by atoms with Crippen LogP contribution in [0.5, 0.6) is 0 Å². The predicted octanol–water partition coefficient (Wildman–Crippen LogP) is 2.10. The maximum atomic E-state index is 10.1. The van der Waals surface area contributed by atoms with Gasteiger partial charge in [-0.25, -0.2) is 0 Å². The van der Waals surface area contributed by atoms with E-state index in [0.717, 1.165) is 12.8 Å². The lowest BCUT2D eigenvalue weighted by molar-refractivity contribution is -0.238. The molecule has 88 valence electrons. The van der Waals surface area contributed by atoms with E-state index < -0.39 is 12.4 Å². The molecule has 0 aromatic carbocycles. The van der Waals surface area contributed by atoms with Gasteiger partial charge in [-0.1, -0.05) is 18.6 Å². The quantitative estimate of drug-likeness (QED) is 0.731. The molecule has 0 saturated carbocycles. The maximum absolute atomic E-state index is 10.1. The minimum Gasteiger partial charge on any atom is -0.387 e. The van der Waals surface area contributed by atoms with E-state index in [1.807, 2.05) is 13.8 Å². The van der Waals surface area contributed by atoms with Crippen LogP contribution in [0.25, 0.3) is 0 Å². The van der Waals surface area contributed by atoms with E-state index in [-0.39, 0.29) is 12.0 Å². The van der Waals surface area contributed by atoms with Gasteiger partial charge in [0.1, 0.15) is 6.10 Å². The number of ether oxygens (including phenoxy) is 2. The van der Waals surface area contributed by atoms with Crippen LogP contribution in [0.2, 0.25) is 0 Å². The van der Waals surface area contributed by atoms with Crippen molar-refractivity contribution in [1.29, 1.82) is 0 Å². The Morgan fingerprint density at radius 2 is 2.27 bits per heavy atom. The Morgan fingerprint density at radius 3 is 2.73 bits per heavy atom. The molecule has 1 fully saturated rings. The zero-order valence-electron chi connectivity index (χ0n) is 10.1. The second kappa shape index (κ2) is 5.64. The van der Waals surface area contributed by atoms with Crippen molar-refractivity contribution >= 4 is 0 Å². The molecule has 0 bridgehead atoms. The molecule has 0 unspecified atom stereocenters. The second-order valence-electron chi connectivity index (χ2n) is 4.10. The van der Waals surface area contributed by atoms with Gasteiger partial charge in [-0.05, 0) is 26.7 Å². The topological polar surface area (TPSA) is 38.7 Å². The molecule has 3 nitrogen and oxygen atoms in total. The summed E-state index contributed by atoms with van der Waals surface area (Å²) in [6, 6.07) is 0. The Balaban J connectivity index is 2.78. The third-order valence-corrected chi connectivity index (χ3v) is 3.13. The minimum atomic E-state index is -0.544. The summed E-state index contributed by atoms with van der Waals surface area (Å²) >= 11 is 0. The van der Waals surface area contributed by atoms with E-state index in [9.17, 15) is 5.11 Å². The Hall–Kier alpha value is -0.380. The van der Waals surface area contributed by atoms with Crippen LogP contribution in [0.4, 0.5) is 0 Å². The van der Waals surface area contributed by atoms with Gasteiger partial charge in [-0.2, -0.15) is 0 Å². The van der Waals surface area contributed by atoms with E-state index in [1.165, 1.54) is 5.57 Å². The molecule has 1 rings (SSSR count). The number of hydrogen-bond acceptors (Lipinski definition) is 3. The first-order chi connectivity index (χ1) is 7.13. The maximum Gasteiger partial charge on any atom is 0.183 e. The fraction of sp³-hybridized carbons (Fsp3) is 0.833. The van der Waals surface area contributed by atoms with E-state index in [0.29, 0.717) is 0 Å². The number of aliphatic hydroxyl groups excluding tert-OH is 1. The summed E-state index contributed by atoms with van der Waals surface area (Å²) in [6.45, 7) is 6.16. The van der Waals surface area contributed by atoms with Crippen LogP contribution in [0.1, 0.15) is 33.6 Å². The average Bonchev–Trinajstić information content (AvgIpc) is 2.24. The summed E-state index contributed by atoms with van der Waals surface area (Å²) in [5.74, 6) is 0.175. The molecule has 0 spiro atoms. The molecule has 15 heavy (non-hydrogen) atoms. The summed E-state index contributed by atoms with van der Waals surface area (Å²) in [5.41, 5.74) is 1.29. The van der Waals surface area contributed by atoms with Crippen molar-refractivity contribution < 1.29 is 14.6 Å². The lowest BCUT2D eigenvalue weighted by Crippen LogP contribution is -2.45. The average molecular weight is 214 g/mol. The fourth-order valence-electron chi connectivity index (χ4n) is 2.30. The Labute approximate surface area is 92.1 Å². The van der Waals surface area contributed by atoms with E-state index >= 15 is 0 Å². The molecule has 0 aliphatic carbocycles. The summed E-state index contributed by atoms with van der Waals surface area (Å²) in [6.07, 6.45) is 3.05. The summed E-state index contributed by atoms with van der Waals surface area (Å²) in [7, 11) is 1.57. The van der Waals surface area contributed by atoms with Crippen molar-refractivity contribution in [2.24, 2.45) is 5.92 Å². The van der Waals surface area contributed by atoms with Gasteiger partial charge < -0.3 is 14.6 Å². The third-order valence-electron chi connectivity index (χ3n) is 3.13. The first-order valence-electron chi connectivity index (χ1n) is 5.65. The highest BCUT2D eigenvalue weighted by Gasteiger charge is 2.37. The van der Waals surface area contributed by atoms with Gasteiger partial charge >= 0.3 is 0 Å². The Morgan fingerprint density at radius 1 is 1.60 bits per heavy atom. The number of allylic oxidation sites excluding steroid dienone is 1. The Kier molecular flexibility index (Phi) is 4.77. The number of aliphatic hydroxyl groups is 1. The molecule has 1 aliphatic heterocycles. The van der Waals surface area contributed by atoms with Gasteiger partial charge in [0.2, 0.25) is 0 Å². The molecule has 1 N–H and O–H groups in total. The molecule has 0 aromatic rings. The molecule has 4 atom stereocenters. The monoisotopic (exact) mass is 214 g/mol. The SMILES string of the molecule is C/C=C(/CC)[C@H]1C[C@@H](C)O[C@@H](OC)[C@@H]1O. The van der Waals surface area contributed by atoms with Crippen LogP contribution < -0.4 is 0 Å². The van der Waals surface area contributed by atoms with Crippen LogP contribution >= 0.6 is 0 Å². The third kappa shape index (κ3) is 2.80. The van der Waals surface area contributed by atoms with Crippen molar-refractivity contribution in [2.75, 3.05) is 7.11 Å². The van der Waals surface area contributed by atoms with Crippen molar-refractivity contribution in [3.05, 3.63) is 11.6 Å². The molecule has 1 aliphatic rings. The minimum absolute atomic E-state index is 0.143. The number of rotatable bonds is 3. The molecule has 0 amide bonds. The van der Waals surface area contributed by atoms with Crippen molar-refractivity contribution in [3.63, 3.8) is 0 Å². The summed E-state index contributed by atoms with van der Waals surface area (Å²) in [4.78, 5) is 0. The van der Waals surface area contributed by atoms with Crippen LogP contribution in [-0.4, -0.2) is 30.7 Å². The molecular weight excluding hydrogens is 192 g/mol. The number of hydrogen-bond donors (Lipinski definition) is 1. The lowest BCUT2D eigenvalue weighted by atomic mass is 9.84. The lowest BCUT2D eigenvalue weighted by Gasteiger charge is -2.38. The summed E-state index contributed by atoms with van der Waals surface area (Å²) in [5, 5.41) is 10.1. The van der Waals surface area contributed by atoms with Crippen molar-refractivity contribution in [2.45, 2.75) is 52.1 Å². The smallest absolute Gasteiger partial charge is 0.183 e. The van der Waals surface area contributed by atoms with Crippen LogP contribution in [-0.2, 0) is 9.47 Å². The van der Waals surface area contributed by atoms with Gasteiger partial charge in [-0.3, -0.25) is 0 Å². The molecule has 1 saturated heterocycles.